The van der Waals surface area contributed by atoms with E-state index in [0.717, 1.165) is 17.8 Å². The third kappa shape index (κ3) is 4.62. The fraction of sp³-hybridized carbons (Fsp3) is 0.143. The summed E-state index contributed by atoms with van der Waals surface area (Å²) >= 11 is 0. The Morgan fingerprint density at radius 1 is 1.07 bits per heavy atom. The summed E-state index contributed by atoms with van der Waals surface area (Å²) < 4.78 is 33.6. The molecule has 3 aromatic rings. The number of benzene rings is 2. The van der Waals surface area contributed by atoms with Gasteiger partial charge in [-0.05, 0) is 49.4 Å². The van der Waals surface area contributed by atoms with Crippen LogP contribution in [0.25, 0.3) is 5.69 Å². The molecule has 0 aliphatic rings. The Kier molecular flexibility index (Phi) is 5.84. The number of carbonyl (C=O) groups excluding carboxylic acids is 2. The molecule has 144 valence electrons. The van der Waals surface area contributed by atoms with E-state index in [-0.39, 0.29) is 5.56 Å². The second-order valence-corrected chi connectivity index (χ2v) is 6.17. The Bertz CT molecular complexity index is 970. The van der Waals surface area contributed by atoms with Crippen LogP contribution >= 0.6 is 0 Å². The van der Waals surface area contributed by atoms with Crippen molar-refractivity contribution < 1.29 is 23.1 Å². The van der Waals surface area contributed by atoms with Crippen molar-refractivity contribution in [2.75, 3.05) is 6.61 Å². The van der Waals surface area contributed by atoms with E-state index in [2.05, 4.69) is 5.32 Å². The zero-order valence-electron chi connectivity index (χ0n) is 15.1. The Labute approximate surface area is 160 Å². The summed E-state index contributed by atoms with van der Waals surface area (Å²) in [6.45, 7) is 1.04. The third-order valence-corrected chi connectivity index (χ3v) is 4.15. The van der Waals surface area contributed by atoms with Crippen molar-refractivity contribution in [2.24, 2.45) is 0 Å². The molecule has 1 atom stereocenters. The van der Waals surface area contributed by atoms with E-state index in [4.69, 9.17) is 4.74 Å². The first kappa shape index (κ1) is 19.3. The minimum atomic E-state index is -0.757. The summed E-state index contributed by atoms with van der Waals surface area (Å²) in [4.78, 5) is 24.0. The van der Waals surface area contributed by atoms with Gasteiger partial charge in [-0.3, -0.25) is 4.79 Å². The number of halogens is 2. The predicted molar refractivity (Wildman–Crippen MR) is 99.0 cm³/mol. The standard InChI is InChI=1S/C21H18F2N2O3/c1-14(18-9-6-16(22)12-19(18)23)24-20(26)13-28-21(27)15-4-7-17(8-5-15)25-10-2-3-11-25/h2-12,14H,13H2,1H3,(H,24,26)/t14-/m0/s1. The van der Waals surface area contributed by atoms with Gasteiger partial charge in [-0.15, -0.1) is 0 Å². The minimum absolute atomic E-state index is 0.140. The SMILES string of the molecule is C[C@H](NC(=O)COC(=O)c1ccc(-n2cccc2)cc1)c1ccc(F)cc1F. The highest BCUT2D eigenvalue weighted by Crippen LogP contribution is 2.17. The molecule has 2 aromatic carbocycles. The Morgan fingerprint density at radius 2 is 1.75 bits per heavy atom. The molecule has 0 radical (unpaired) electrons. The van der Waals surface area contributed by atoms with E-state index >= 15 is 0 Å². The van der Waals surface area contributed by atoms with Crippen LogP contribution in [0, 0.1) is 11.6 Å². The lowest BCUT2D eigenvalue weighted by Crippen LogP contribution is -2.31. The third-order valence-electron chi connectivity index (χ3n) is 4.15. The number of ether oxygens (including phenoxy) is 1. The molecule has 5 nitrogen and oxygen atoms in total. The van der Waals surface area contributed by atoms with Crippen LogP contribution in [-0.4, -0.2) is 23.1 Å². The smallest absolute Gasteiger partial charge is 0.338 e. The number of aromatic nitrogens is 1. The van der Waals surface area contributed by atoms with Gasteiger partial charge in [-0.2, -0.15) is 0 Å². The van der Waals surface area contributed by atoms with Gasteiger partial charge < -0.3 is 14.6 Å². The summed E-state index contributed by atoms with van der Waals surface area (Å²) in [5.74, 6) is -2.69. The zero-order chi connectivity index (χ0) is 20.1. The van der Waals surface area contributed by atoms with Crippen LogP contribution in [0.1, 0.15) is 28.9 Å². The van der Waals surface area contributed by atoms with Gasteiger partial charge in [0.2, 0.25) is 0 Å². The van der Waals surface area contributed by atoms with Crippen molar-refractivity contribution in [3.8, 4) is 5.69 Å². The van der Waals surface area contributed by atoms with Crippen molar-refractivity contribution in [1.82, 2.24) is 9.88 Å². The lowest BCUT2D eigenvalue weighted by molar-refractivity contribution is -0.124. The summed E-state index contributed by atoms with van der Waals surface area (Å²) in [6.07, 6.45) is 3.76. The topological polar surface area (TPSA) is 60.3 Å². The Hall–Kier alpha value is -3.48. The minimum Gasteiger partial charge on any atom is -0.452 e. The summed E-state index contributed by atoms with van der Waals surface area (Å²) in [5, 5.41) is 2.51. The van der Waals surface area contributed by atoms with Gasteiger partial charge in [0, 0.05) is 29.7 Å². The second kappa shape index (κ2) is 8.47. The second-order valence-electron chi connectivity index (χ2n) is 6.17. The number of hydrogen-bond donors (Lipinski definition) is 1. The van der Waals surface area contributed by atoms with Gasteiger partial charge in [0.25, 0.3) is 5.91 Å². The van der Waals surface area contributed by atoms with Gasteiger partial charge in [0.1, 0.15) is 11.6 Å². The van der Waals surface area contributed by atoms with E-state index in [0.29, 0.717) is 5.56 Å². The quantitative estimate of drug-likeness (QED) is 0.658. The van der Waals surface area contributed by atoms with E-state index in [1.54, 1.807) is 31.2 Å². The summed E-state index contributed by atoms with van der Waals surface area (Å²) in [7, 11) is 0. The maximum atomic E-state index is 13.7. The number of nitrogens with one attached hydrogen (secondary N) is 1. The van der Waals surface area contributed by atoms with Gasteiger partial charge in [0.05, 0.1) is 11.6 Å². The fourth-order valence-electron chi connectivity index (χ4n) is 2.70. The first-order valence-corrected chi connectivity index (χ1v) is 8.59. The number of carbonyl (C=O) groups is 2. The molecular formula is C21H18F2N2O3. The molecule has 7 heteroatoms. The zero-order valence-corrected chi connectivity index (χ0v) is 15.1. The molecule has 1 N–H and O–H groups in total. The van der Waals surface area contributed by atoms with E-state index < -0.39 is 36.2 Å². The molecular weight excluding hydrogens is 366 g/mol. The van der Waals surface area contributed by atoms with Gasteiger partial charge in [0.15, 0.2) is 6.61 Å². The summed E-state index contributed by atoms with van der Waals surface area (Å²) in [6, 6.07) is 12.9. The number of rotatable bonds is 6. The highest BCUT2D eigenvalue weighted by atomic mass is 19.1. The molecule has 0 aliphatic heterocycles. The van der Waals surface area contributed by atoms with Crippen LogP contribution < -0.4 is 5.32 Å². The Morgan fingerprint density at radius 3 is 2.39 bits per heavy atom. The number of nitrogens with zero attached hydrogens (tertiary/aromatic N) is 1. The molecule has 1 heterocycles. The number of amides is 1. The van der Waals surface area contributed by atoms with Crippen molar-refractivity contribution in [3.05, 3.63) is 89.8 Å². The summed E-state index contributed by atoms with van der Waals surface area (Å²) in [5.41, 5.74) is 1.33. The van der Waals surface area contributed by atoms with Gasteiger partial charge in [-0.1, -0.05) is 6.07 Å². The number of hydrogen-bond acceptors (Lipinski definition) is 3. The molecule has 0 aliphatic carbocycles. The van der Waals surface area contributed by atoms with Crippen molar-refractivity contribution >= 4 is 11.9 Å². The van der Waals surface area contributed by atoms with Crippen molar-refractivity contribution in [1.29, 1.82) is 0 Å². The maximum Gasteiger partial charge on any atom is 0.338 e. The Balaban J connectivity index is 1.53. The monoisotopic (exact) mass is 384 g/mol. The van der Waals surface area contributed by atoms with Gasteiger partial charge in [-0.25, -0.2) is 13.6 Å². The maximum absolute atomic E-state index is 13.7. The van der Waals surface area contributed by atoms with E-state index in [9.17, 15) is 18.4 Å². The average Bonchev–Trinajstić information content (AvgIpc) is 3.21. The molecule has 28 heavy (non-hydrogen) atoms. The molecule has 1 aromatic heterocycles. The fourth-order valence-corrected chi connectivity index (χ4v) is 2.70. The highest BCUT2D eigenvalue weighted by Gasteiger charge is 2.16. The van der Waals surface area contributed by atoms with E-state index in [1.807, 2.05) is 29.1 Å². The average molecular weight is 384 g/mol. The lowest BCUT2D eigenvalue weighted by Gasteiger charge is -2.15. The van der Waals surface area contributed by atoms with Crippen LogP contribution in [0.15, 0.2) is 67.0 Å². The lowest BCUT2D eigenvalue weighted by atomic mass is 10.1. The molecule has 3 rings (SSSR count). The first-order chi connectivity index (χ1) is 13.4. The predicted octanol–water partition coefficient (Wildman–Crippen LogP) is 3.79. The molecule has 0 bridgehead atoms. The number of esters is 1. The molecule has 1 amide bonds. The van der Waals surface area contributed by atoms with Crippen LogP contribution in [0.2, 0.25) is 0 Å². The first-order valence-electron chi connectivity index (χ1n) is 8.59. The van der Waals surface area contributed by atoms with Crippen molar-refractivity contribution in [3.63, 3.8) is 0 Å². The van der Waals surface area contributed by atoms with Crippen LogP contribution in [0.3, 0.4) is 0 Å². The van der Waals surface area contributed by atoms with E-state index in [1.165, 1.54) is 6.07 Å². The highest BCUT2D eigenvalue weighted by molar-refractivity contribution is 5.91. The molecule has 0 saturated heterocycles. The van der Waals surface area contributed by atoms with Crippen LogP contribution in [-0.2, 0) is 9.53 Å². The van der Waals surface area contributed by atoms with Gasteiger partial charge >= 0.3 is 5.97 Å². The normalized spacial score (nSPS) is 11.7. The van der Waals surface area contributed by atoms with Crippen LogP contribution in [0.4, 0.5) is 8.78 Å². The van der Waals surface area contributed by atoms with Crippen LogP contribution in [0.5, 0.6) is 0 Å². The van der Waals surface area contributed by atoms with Crippen molar-refractivity contribution in [2.45, 2.75) is 13.0 Å². The molecule has 0 spiro atoms. The largest absolute Gasteiger partial charge is 0.452 e. The molecule has 0 fully saturated rings. The molecule has 0 unspecified atom stereocenters. The molecule has 0 saturated carbocycles.